The number of aliphatic hydroxyl groups is 3. The first-order chi connectivity index (χ1) is 14.5. The second kappa shape index (κ2) is 12.1. The van der Waals surface area contributed by atoms with Gasteiger partial charge in [0.1, 0.15) is 0 Å². The van der Waals surface area contributed by atoms with Gasteiger partial charge in [0.2, 0.25) is 0 Å². The molecular weight excluding hydrogens is 394 g/mol. The van der Waals surface area contributed by atoms with Crippen molar-refractivity contribution in [3.05, 3.63) is 70.1 Å². The maximum atomic E-state index is 10.4. The molecule has 0 saturated heterocycles. The Hall–Kier alpha value is -1.92. The third kappa shape index (κ3) is 6.81. The molecule has 0 atom stereocenters. The summed E-state index contributed by atoms with van der Waals surface area (Å²) in [7, 11) is 0. The number of allylic oxidation sites excluding steroid dienone is 3. The van der Waals surface area contributed by atoms with Gasteiger partial charge in [-0.15, -0.1) is 11.3 Å². The zero-order valence-corrected chi connectivity index (χ0v) is 19.1. The van der Waals surface area contributed by atoms with E-state index in [1.165, 1.54) is 10.5 Å². The van der Waals surface area contributed by atoms with E-state index in [1.807, 2.05) is 44.2 Å². The molecule has 0 saturated carbocycles. The number of nitrogens with one attached hydrogen (secondary N) is 1. The summed E-state index contributed by atoms with van der Waals surface area (Å²) in [6.45, 7) is 6.84. The van der Waals surface area contributed by atoms with Gasteiger partial charge >= 0.3 is 0 Å². The molecule has 1 aromatic carbocycles. The smallest absolute Gasteiger partial charge is 0.0888 e. The lowest BCUT2D eigenvalue weighted by Gasteiger charge is -2.19. The average Bonchev–Trinajstić information content (AvgIpc) is 3.25. The highest BCUT2D eigenvalue weighted by molar-refractivity contribution is 7.17. The minimum atomic E-state index is -0.719. The molecule has 0 aliphatic rings. The van der Waals surface area contributed by atoms with Crippen LogP contribution in [0.5, 0.6) is 0 Å². The van der Waals surface area contributed by atoms with Crippen molar-refractivity contribution in [3.63, 3.8) is 0 Å². The molecule has 0 amide bonds. The molecule has 0 fully saturated rings. The van der Waals surface area contributed by atoms with Gasteiger partial charge < -0.3 is 20.6 Å². The molecule has 0 unspecified atom stereocenters. The number of rotatable bonds is 12. The van der Waals surface area contributed by atoms with Crippen molar-refractivity contribution in [1.29, 1.82) is 0 Å². The SMILES string of the molecule is CC/C(=C/C=C/C(O)(CC)CC)c1ccc(NCCc2ccc(CO)c(CO)c2)s1. The highest BCUT2D eigenvalue weighted by Gasteiger charge is 2.16. The Morgan fingerprint density at radius 2 is 1.77 bits per heavy atom. The van der Waals surface area contributed by atoms with Crippen molar-refractivity contribution in [2.75, 3.05) is 11.9 Å². The fourth-order valence-electron chi connectivity index (χ4n) is 3.28. The van der Waals surface area contributed by atoms with Gasteiger partial charge in [-0.2, -0.15) is 0 Å². The van der Waals surface area contributed by atoms with Crippen LogP contribution in [-0.2, 0) is 19.6 Å². The van der Waals surface area contributed by atoms with Crippen molar-refractivity contribution < 1.29 is 15.3 Å². The molecule has 2 rings (SSSR count). The maximum absolute atomic E-state index is 10.4. The second-order valence-electron chi connectivity index (χ2n) is 7.48. The summed E-state index contributed by atoms with van der Waals surface area (Å²) < 4.78 is 0. The van der Waals surface area contributed by atoms with Crippen LogP contribution >= 0.6 is 11.3 Å². The first kappa shape index (κ1) is 24.4. The Kier molecular flexibility index (Phi) is 9.79. The fraction of sp³-hybridized carbons (Fsp3) is 0.440. The molecule has 2 aromatic rings. The molecule has 0 aliphatic heterocycles. The summed E-state index contributed by atoms with van der Waals surface area (Å²) in [5, 5.41) is 33.7. The van der Waals surface area contributed by atoms with Gasteiger partial charge in [-0.1, -0.05) is 57.2 Å². The molecule has 5 heteroatoms. The van der Waals surface area contributed by atoms with Crippen molar-refractivity contribution in [3.8, 4) is 0 Å². The number of thiophene rings is 1. The fourth-order valence-corrected chi connectivity index (χ4v) is 4.30. The summed E-state index contributed by atoms with van der Waals surface area (Å²) in [5.74, 6) is 0. The number of anilines is 1. The zero-order chi connectivity index (χ0) is 22.0. The molecule has 1 heterocycles. The van der Waals surface area contributed by atoms with Crippen LogP contribution in [0, 0.1) is 0 Å². The number of benzene rings is 1. The van der Waals surface area contributed by atoms with Crippen molar-refractivity contribution >= 4 is 21.9 Å². The quantitative estimate of drug-likeness (QED) is 0.346. The minimum Gasteiger partial charge on any atom is -0.392 e. The van der Waals surface area contributed by atoms with E-state index in [4.69, 9.17) is 0 Å². The largest absolute Gasteiger partial charge is 0.392 e. The lowest BCUT2D eigenvalue weighted by molar-refractivity contribution is 0.0828. The van der Waals surface area contributed by atoms with Crippen molar-refractivity contribution in [2.45, 2.75) is 65.3 Å². The Morgan fingerprint density at radius 3 is 2.40 bits per heavy atom. The summed E-state index contributed by atoms with van der Waals surface area (Å²) >= 11 is 1.74. The minimum absolute atomic E-state index is 0.0506. The van der Waals surface area contributed by atoms with Crippen molar-refractivity contribution in [2.24, 2.45) is 0 Å². The second-order valence-corrected chi connectivity index (χ2v) is 8.56. The van der Waals surface area contributed by atoms with Gasteiger partial charge in [-0.25, -0.2) is 0 Å². The topological polar surface area (TPSA) is 72.7 Å². The maximum Gasteiger partial charge on any atom is 0.0888 e. The lowest BCUT2D eigenvalue weighted by Crippen LogP contribution is -2.22. The third-order valence-corrected chi connectivity index (χ3v) is 6.67. The first-order valence-corrected chi connectivity index (χ1v) is 11.6. The summed E-state index contributed by atoms with van der Waals surface area (Å²) in [4.78, 5) is 1.23. The van der Waals surface area contributed by atoms with Crippen LogP contribution in [-0.4, -0.2) is 27.5 Å². The summed E-state index contributed by atoms with van der Waals surface area (Å²) in [6.07, 6.45) is 9.19. The van der Waals surface area contributed by atoms with Crippen molar-refractivity contribution in [1.82, 2.24) is 0 Å². The molecule has 0 bridgehead atoms. The number of hydrogen-bond acceptors (Lipinski definition) is 5. The van der Waals surface area contributed by atoms with E-state index in [9.17, 15) is 15.3 Å². The Bertz CT molecular complexity index is 850. The van der Waals surface area contributed by atoms with Crippen LogP contribution in [0.15, 0.2) is 48.6 Å². The lowest BCUT2D eigenvalue weighted by atomic mass is 9.97. The molecule has 0 aliphatic carbocycles. The molecule has 30 heavy (non-hydrogen) atoms. The van der Waals surface area contributed by atoms with E-state index in [-0.39, 0.29) is 13.2 Å². The summed E-state index contributed by atoms with van der Waals surface area (Å²) in [5.41, 5.74) is 3.24. The van der Waals surface area contributed by atoms with Crippen LogP contribution in [0.3, 0.4) is 0 Å². The number of hydrogen-bond donors (Lipinski definition) is 4. The van der Waals surface area contributed by atoms with E-state index in [2.05, 4.69) is 30.4 Å². The Labute approximate surface area is 184 Å². The molecular formula is C25H35NO3S. The van der Waals surface area contributed by atoms with Gasteiger partial charge in [0.05, 0.1) is 23.8 Å². The van der Waals surface area contributed by atoms with Gasteiger partial charge in [0, 0.05) is 11.4 Å². The van der Waals surface area contributed by atoms with Crippen LogP contribution in [0.1, 0.15) is 61.6 Å². The van der Waals surface area contributed by atoms with Crippen LogP contribution in [0.25, 0.3) is 5.57 Å². The molecule has 4 nitrogen and oxygen atoms in total. The highest BCUT2D eigenvalue weighted by Crippen LogP contribution is 2.30. The van der Waals surface area contributed by atoms with E-state index >= 15 is 0 Å². The van der Waals surface area contributed by atoms with E-state index in [0.717, 1.165) is 41.1 Å². The van der Waals surface area contributed by atoms with Crippen LogP contribution < -0.4 is 5.32 Å². The molecule has 1 aromatic heterocycles. The molecule has 164 valence electrons. The van der Waals surface area contributed by atoms with Gasteiger partial charge in [0.15, 0.2) is 0 Å². The van der Waals surface area contributed by atoms with Gasteiger partial charge in [0.25, 0.3) is 0 Å². The average molecular weight is 430 g/mol. The van der Waals surface area contributed by atoms with E-state index in [1.54, 1.807) is 11.3 Å². The first-order valence-electron chi connectivity index (χ1n) is 10.8. The normalized spacial score (nSPS) is 12.7. The number of aliphatic hydroxyl groups excluding tert-OH is 2. The third-order valence-electron chi connectivity index (χ3n) is 5.56. The van der Waals surface area contributed by atoms with Gasteiger partial charge in [-0.3, -0.25) is 0 Å². The highest BCUT2D eigenvalue weighted by atomic mass is 32.1. The molecule has 0 spiro atoms. The van der Waals surface area contributed by atoms with Gasteiger partial charge in [-0.05, 0) is 60.1 Å². The Morgan fingerprint density at radius 1 is 1.03 bits per heavy atom. The van der Waals surface area contributed by atoms with E-state index in [0.29, 0.717) is 12.8 Å². The summed E-state index contributed by atoms with van der Waals surface area (Å²) in [6, 6.07) is 10.1. The predicted molar refractivity (Wildman–Crippen MR) is 128 cm³/mol. The standard InChI is InChI=1S/C25H35NO3S/c1-4-20(8-7-14-25(29,5-2)6-3)23-11-12-24(30-23)26-15-13-19-9-10-21(17-27)22(16-19)18-28/h7-12,14,16,26-29H,4-6,13,15,17-18H2,1-3H3/b14-7+,20-8-. The molecule has 4 N–H and O–H groups in total. The Balaban J connectivity index is 1.97. The van der Waals surface area contributed by atoms with E-state index < -0.39 is 5.60 Å². The zero-order valence-electron chi connectivity index (χ0n) is 18.3. The predicted octanol–water partition coefficient (Wildman–Crippen LogP) is 5.29. The molecule has 0 radical (unpaired) electrons. The van der Waals surface area contributed by atoms with Crippen LogP contribution in [0.4, 0.5) is 5.00 Å². The van der Waals surface area contributed by atoms with Crippen LogP contribution in [0.2, 0.25) is 0 Å². The monoisotopic (exact) mass is 429 g/mol.